The van der Waals surface area contributed by atoms with Crippen LogP contribution in [-0.2, 0) is 33.2 Å². The molecule has 0 fully saturated rings. The molecule has 0 atom stereocenters. The van der Waals surface area contributed by atoms with Gasteiger partial charge < -0.3 is 39.1 Å². The van der Waals surface area contributed by atoms with E-state index in [0.29, 0.717) is 25.3 Å². The molecular weight excluding hydrogens is 376 g/mol. The highest BCUT2D eigenvalue weighted by Crippen LogP contribution is 1.91. The lowest BCUT2D eigenvalue weighted by molar-refractivity contribution is -0.138. The van der Waals surface area contributed by atoms with Crippen molar-refractivity contribution in [3.05, 3.63) is 12.2 Å². The molecule has 28 heavy (non-hydrogen) atoms. The third-order valence-electron chi connectivity index (χ3n) is 2.73. The molecule has 162 valence electrons. The van der Waals surface area contributed by atoms with Gasteiger partial charge in [0, 0.05) is 12.1 Å². The molecule has 0 saturated heterocycles. The number of nitrogens with one attached hydrogen (secondary N) is 2. The summed E-state index contributed by atoms with van der Waals surface area (Å²) < 4.78 is 29.9. The van der Waals surface area contributed by atoms with Crippen LogP contribution in [0.25, 0.3) is 0 Å². The van der Waals surface area contributed by atoms with Crippen LogP contribution in [0.4, 0.5) is 9.59 Å². The zero-order valence-electron chi connectivity index (χ0n) is 16.5. The normalized spacial score (nSPS) is 10.1. The first-order valence-electron chi connectivity index (χ1n) is 8.84. The Hall–Kier alpha value is -2.37. The lowest BCUT2D eigenvalue weighted by Gasteiger charge is -2.09. The van der Waals surface area contributed by atoms with Crippen LogP contribution < -0.4 is 10.6 Å². The summed E-state index contributed by atoms with van der Waals surface area (Å²) in [6, 6.07) is 0. The molecule has 0 aromatic carbocycles. The standard InChI is InChI=1S/C17H30N2O9/c1-4-18-16(21)27-12-10-25-13-24-8-7-23-9-11-28-17(22)19-5-6-26-15(20)14(2)3/h2,4-13H2,1,3H3,(H,18,21)(H,19,22). The topological polar surface area (TPSA) is 131 Å². The summed E-state index contributed by atoms with van der Waals surface area (Å²) >= 11 is 0. The number of ether oxygens (including phenoxy) is 6. The number of amides is 2. The van der Waals surface area contributed by atoms with Crippen LogP contribution in [0.3, 0.4) is 0 Å². The van der Waals surface area contributed by atoms with E-state index in [1.807, 2.05) is 0 Å². The number of carbonyl (C=O) groups is 3. The molecule has 0 aromatic heterocycles. The van der Waals surface area contributed by atoms with Gasteiger partial charge in [-0.05, 0) is 13.8 Å². The van der Waals surface area contributed by atoms with E-state index in [-0.39, 0.29) is 46.4 Å². The average molecular weight is 406 g/mol. The molecule has 0 unspecified atom stereocenters. The molecule has 0 aliphatic rings. The highest BCUT2D eigenvalue weighted by Gasteiger charge is 2.04. The fourth-order valence-electron chi connectivity index (χ4n) is 1.45. The number of hydrogen-bond donors (Lipinski definition) is 2. The fourth-order valence-corrected chi connectivity index (χ4v) is 1.45. The summed E-state index contributed by atoms with van der Waals surface area (Å²) in [4.78, 5) is 33.4. The van der Waals surface area contributed by atoms with Gasteiger partial charge >= 0.3 is 18.2 Å². The Kier molecular flexibility index (Phi) is 16.5. The number of alkyl carbamates (subject to hydrolysis) is 2. The van der Waals surface area contributed by atoms with Gasteiger partial charge in [0.1, 0.15) is 26.6 Å². The van der Waals surface area contributed by atoms with Gasteiger partial charge in [-0.3, -0.25) is 0 Å². The van der Waals surface area contributed by atoms with Gasteiger partial charge in [-0.15, -0.1) is 0 Å². The van der Waals surface area contributed by atoms with Crippen LogP contribution in [0.2, 0.25) is 0 Å². The quantitative estimate of drug-likeness (QED) is 0.124. The van der Waals surface area contributed by atoms with Crippen LogP contribution in [0.1, 0.15) is 13.8 Å². The van der Waals surface area contributed by atoms with Gasteiger partial charge in [0.2, 0.25) is 0 Å². The third kappa shape index (κ3) is 17.1. The van der Waals surface area contributed by atoms with Crippen molar-refractivity contribution in [3.63, 3.8) is 0 Å². The van der Waals surface area contributed by atoms with E-state index in [2.05, 4.69) is 17.2 Å². The van der Waals surface area contributed by atoms with Crippen LogP contribution >= 0.6 is 0 Å². The first-order valence-corrected chi connectivity index (χ1v) is 8.84. The van der Waals surface area contributed by atoms with Crippen LogP contribution in [0, 0.1) is 0 Å². The maximum absolute atomic E-state index is 11.3. The number of hydrogen-bond acceptors (Lipinski definition) is 9. The zero-order valence-corrected chi connectivity index (χ0v) is 16.5. The van der Waals surface area contributed by atoms with Gasteiger partial charge in [0.25, 0.3) is 0 Å². The first-order chi connectivity index (χ1) is 13.5. The molecule has 11 heteroatoms. The summed E-state index contributed by atoms with van der Waals surface area (Å²) in [5, 5.41) is 4.91. The van der Waals surface area contributed by atoms with E-state index in [1.54, 1.807) is 6.92 Å². The first kappa shape index (κ1) is 25.6. The van der Waals surface area contributed by atoms with Gasteiger partial charge in [0.15, 0.2) is 0 Å². The zero-order chi connectivity index (χ0) is 21.0. The molecule has 0 aromatic rings. The van der Waals surface area contributed by atoms with E-state index in [1.165, 1.54) is 6.92 Å². The molecule has 0 bridgehead atoms. The van der Waals surface area contributed by atoms with E-state index >= 15 is 0 Å². The Labute approximate surface area is 164 Å². The minimum Gasteiger partial charge on any atom is -0.460 e. The predicted octanol–water partition coefficient (Wildman–Crippen LogP) is 0.585. The number of carbonyl (C=O) groups excluding carboxylic acids is 3. The van der Waals surface area contributed by atoms with Gasteiger partial charge in [-0.2, -0.15) is 0 Å². The Bertz CT molecular complexity index is 472. The molecule has 0 rings (SSSR count). The van der Waals surface area contributed by atoms with E-state index in [4.69, 9.17) is 28.4 Å². The third-order valence-corrected chi connectivity index (χ3v) is 2.73. The molecule has 0 heterocycles. The van der Waals surface area contributed by atoms with Gasteiger partial charge in [0.05, 0.1) is 33.0 Å². The molecule has 11 nitrogen and oxygen atoms in total. The lowest BCUT2D eigenvalue weighted by atomic mass is 10.4. The molecule has 2 amide bonds. The Morgan fingerprint density at radius 1 is 0.750 bits per heavy atom. The van der Waals surface area contributed by atoms with Crippen molar-refractivity contribution in [1.82, 2.24) is 10.6 Å². The largest absolute Gasteiger partial charge is 0.460 e. The highest BCUT2D eigenvalue weighted by molar-refractivity contribution is 5.86. The summed E-state index contributed by atoms with van der Waals surface area (Å²) in [5.41, 5.74) is 0.292. The van der Waals surface area contributed by atoms with E-state index in [0.717, 1.165) is 0 Å². The SMILES string of the molecule is C=C(C)C(=O)OCCNC(=O)OCCOCCOCOCCOC(=O)NCC. The van der Waals surface area contributed by atoms with Crippen LogP contribution in [0.15, 0.2) is 12.2 Å². The fraction of sp³-hybridized carbons (Fsp3) is 0.706. The van der Waals surface area contributed by atoms with Gasteiger partial charge in [-0.1, -0.05) is 6.58 Å². The summed E-state index contributed by atoms with van der Waals surface area (Å²) in [5.74, 6) is -0.510. The van der Waals surface area contributed by atoms with Crippen molar-refractivity contribution >= 4 is 18.2 Å². The maximum Gasteiger partial charge on any atom is 0.407 e. The molecule has 0 aliphatic carbocycles. The predicted molar refractivity (Wildman–Crippen MR) is 97.7 cm³/mol. The van der Waals surface area contributed by atoms with E-state index < -0.39 is 18.2 Å². The smallest absolute Gasteiger partial charge is 0.407 e. The van der Waals surface area contributed by atoms with Crippen molar-refractivity contribution in [2.75, 3.05) is 66.1 Å². The van der Waals surface area contributed by atoms with Crippen LogP contribution in [-0.4, -0.2) is 84.3 Å². The van der Waals surface area contributed by atoms with E-state index in [9.17, 15) is 14.4 Å². The maximum atomic E-state index is 11.3. The van der Waals surface area contributed by atoms with Crippen molar-refractivity contribution in [2.45, 2.75) is 13.8 Å². The van der Waals surface area contributed by atoms with Gasteiger partial charge in [-0.25, -0.2) is 14.4 Å². The Morgan fingerprint density at radius 3 is 1.89 bits per heavy atom. The van der Waals surface area contributed by atoms with Crippen molar-refractivity contribution < 1.29 is 42.8 Å². The van der Waals surface area contributed by atoms with Crippen molar-refractivity contribution in [2.24, 2.45) is 0 Å². The minimum absolute atomic E-state index is 0.0365. The molecule has 0 aliphatic heterocycles. The monoisotopic (exact) mass is 406 g/mol. The lowest BCUT2D eigenvalue weighted by Crippen LogP contribution is -2.29. The second-order valence-corrected chi connectivity index (χ2v) is 5.19. The number of rotatable bonds is 16. The Balaban J connectivity index is 3.28. The van der Waals surface area contributed by atoms with Crippen LogP contribution in [0.5, 0.6) is 0 Å². The average Bonchev–Trinajstić information content (AvgIpc) is 2.66. The summed E-state index contributed by atoms with van der Waals surface area (Å²) in [7, 11) is 0. The molecule has 0 spiro atoms. The number of esters is 1. The summed E-state index contributed by atoms with van der Waals surface area (Å²) in [6.07, 6.45) is -1.11. The highest BCUT2D eigenvalue weighted by atomic mass is 16.7. The molecule has 2 N–H and O–H groups in total. The Morgan fingerprint density at radius 2 is 1.29 bits per heavy atom. The second-order valence-electron chi connectivity index (χ2n) is 5.19. The van der Waals surface area contributed by atoms with Crippen molar-refractivity contribution in [1.29, 1.82) is 0 Å². The summed E-state index contributed by atoms with van der Waals surface area (Å²) in [6.45, 7) is 8.77. The molecular formula is C17H30N2O9. The minimum atomic E-state index is -0.630. The molecule has 0 saturated carbocycles. The molecule has 0 radical (unpaired) electrons. The van der Waals surface area contributed by atoms with Crippen molar-refractivity contribution in [3.8, 4) is 0 Å². The second kappa shape index (κ2) is 18.0.